The Bertz CT molecular complexity index is 157. The topological polar surface area (TPSA) is 26.3 Å². The molecule has 1 rings (SSSR count). The first kappa shape index (κ1) is 8.72. The van der Waals surface area contributed by atoms with Crippen LogP contribution in [0.15, 0.2) is 0 Å². The van der Waals surface area contributed by atoms with E-state index in [0.29, 0.717) is 31.3 Å². The van der Waals surface area contributed by atoms with Crippen LogP contribution in [-0.2, 0) is 9.53 Å². The van der Waals surface area contributed by atoms with E-state index in [0.717, 1.165) is 0 Å². The molecule has 11 heavy (non-hydrogen) atoms. The Morgan fingerprint density at radius 3 is 2.36 bits per heavy atom. The van der Waals surface area contributed by atoms with Crippen molar-refractivity contribution in [2.75, 3.05) is 13.2 Å². The molecule has 0 N–H and O–H groups in total. The lowest BCUT2D eigenvalue weighted by atomic mass is 9.80. The molecule has 0 saturated carbocycles. The summed E-state index contributed by atoms with van der Waals surface area (Å²) in [6.07, 6.45) is 0.694. The number of hydrogen-bond acceptors (Lipinski definition) is 2. The summed E-state index contributed by atoms with van der Waals surface area (Å²) in [5, 5.41) is 0. The molecule has 64 valence electrons. The number of rotatable bonds is 3. The molecule has 0 bridgehead atoms. The third kappa shape index (κ3) is 1.80. The molecule has 0 aliphatic carbocycles. The second-order valence-electron chi connectivity index (χ2n) is 4.07. The van der Waals surface area contributed by atoms with Crippen molar-refractivity contribution >= 4 is 5.78 Å². The molecule has 1 aliphatic rings. The number of ketones is 1. The van der Waals surface area contributed by atoms with Gasteiger partial charge in [0.25, 0.3) is 0 Å². The van der Waals surface area contributed by atoms with Crippen LogP contribution >= 0.6 is 0 Å². The molecular weight excluding hydrogens is 140 g/mol. The Hall–Kier alpha value is -0.370. The van der Waals surface area contributed by atoms with E-state index in [-0.39, 0.29) is 5.41 Å². The maximum Gasteiger partial charge on any atom is 0.143 e. The maximum absolute atomic E-state index is 11.5. The fourth-order valence-corrected chi connectivity index (χ4v) is 1.19. The molecule has 1 heterocycles. The Labute approximate surface area is 67.9 Å². The van der Waals surface area contributed by atoms with Crippen molar-refractivity contribution in [3.63, 3.8) is 0 Å². The van der Waals surface area contributed by atoms with Gasteiger partial charge in [-0.05, 0) is 12.8 Å². The Kier molecular flexibility index (Phi) is 2.33. The van der Waals surface area contributed by atoms with E-state index in [2.05, 4.69) is 13.8 Å². The van der Waals surface area contributed by atoms with Crippen LogP contribution in [0, 0.1) is 11.3 Å². The van der Waals surface area contributed by atoms with Crippen LogP contribution in [0.4, 0.5) is 0 Å². The number of carbonyl (C=O) groups excluding carboxylic acids is 1. The zero-order valence-corrected chi connectivity index (χ0v) is 7.52. The summed E-state index contributed by atoms with van der Waals surface area (Å²) in [7, 11) is 0. The minimum atomic E-state index is -0.149. The highest BCUT2D eigenvalue weighted by atomic mass is 16.5. The first-order valence-corrected chi connectivity index (χ1v) is 4.16. The van der Waals surface area contributed by atoms with Crippen LogP contribution in [0.2, 0.25) is 0 Å². The first-order chi connectivity index (χ1) is 5.04. The highest BCUT2D eigenvalue weighted by Gasteiger charge is 2.40. The smallest absolute Gasteiger partial charge is 0.143 e. The summed E-state index contributed by atoms with van der Waals surface area (Å²) >= 11 is 0. The van der Waals surface area contributed by atoms with E-state index < -0.39 is 0 Å². The number of carbonyl (C=O) groups is 1. The van der Waals surface area contributed by atoms with E-state index in [4.69, 9.17) is 4.74 Å². The monoisotopic (exact) mass is 156 g/mol. The third-order valence-electron chi connectivity index (χ3n) is 2.11. The first-order valence-electron chi connectivity index (χ1n) is 4.16. The van der Waals surface area contributed by atoms with Gasteiger partial charge >= 0.3 is 0 Å². The molecule has 2 nitrogen and oxygen atoms in total. The van der Waals surface area contributed by atoms with E-state index in [1.165, 1.54) is 0 Å². The molecule has 1 fully saturated rings. The Balaban J connectivity index is 2.40. The minimum Gasteiger partial charge on any atom is -0.379 e. The lowest BCUT2D eigenvalue weighted by Crippen LogP contribution is -2.46. The average molecular weight is 156 g/mol. The summed E-state index contributed by atoms with van der Waals surface area (Å²) in [6.45, 7) is 7.37. The molecule has 0 aromatic heterocycles. The maximum atomic E-state index is 11.5. The molecule has 2 heteroatoms. The lowest BCUT2D eigenvalue weighted by Gasteiger charge is -2.36. The van der Waals surface area contributed by atoms with Crippen molar-refractivity contribution in [2.24, 2.45) is 11.3 Å². The molecule has 0 spiro atoms. The Morgan fingerprint density at radius 2 is 2.09 bits per heavy atom. The summed E-state index contributed by atoms with van der Waals surface area (Å²) in [6, 6.07) is 0. The van der Waals surface area contributed by atoms with E-state index in [1.807, 2.05) is 6.92 Å². The molecule has 1 saturated heterocycles. The standard InChI is InChI=1S/C9H16O2/c1-7(2)4-8(10)9(3)5-11-6-9/h7H,4-6H2,1-3H3. The van der Waals surface area contributed by atoms with Gasteiger partial charge in [0.15, 0.2) is 0 Å². The quantitative estimate of drug-likeness (QED) is 0.621. The van der Waals surface area contributed by atoms with E-state index in [9.17, 15) is 4.79 Å². The second-order valence-corrected chi connectivity index (χ2v) is 4.07. The molecular formula is C9H16O2. The van der Waals surface area contributed by atoms with Gasteiger partial charge in [-0.2, -0.15) is 0 Å². The predicted octanol–water partition coefficient (Wildman–Crippen LogP) is 1.64. The van der Waals surface area contributed by atoms with Crippen LogP contribution in [0.1, 0.15) is 27.2 Å². The van der Waals surface area contributed by atoms with Crippen molar-refractivity contribution < 1.29 is 9.53 Å². The molecule has 1 aliphatic heterocycles. The van der Waals surface area contributed by atoms with Gasteiger partial charge in [0.2, 0.25) is 0 Å². The van der Waals surface area contributed by atoms with Crippen LogP contribution in [0.3, 0.4) is 0 Å². The summed E-state index contributed by atoms with van der Waals surface area (Å²) < 4.78 is 5.02. The minimum absolute atomic E-state index is 0.149. The van der Waals surface area contributed by atoms with E-state index in [1.54, 1.807) is 0 Å². The Morgan fingerprint density at radius 1 is 1.55 bits per heavy atom. The number of Topliss-reactive ketones (excluding diaryl/α,β-unsaturated/α-hetero) is 1. The third-order valence-corrected chi connectivity index (χ3v) is 2.11. The van der Waals surface area contributed by atoms with Gasteiger partial charge in [-0.1, -0.05) is 13.8 Å². The van der Waals surface area contributed by atoms with Crippen molar-refractivity contribution in [3.8, 4) is 0 Å². The SMILES string of the molecule is CC(C)CC(=O)C1(C)COC1. The summed E-state index contributed by atoms with van der Waals surface area (Å²) in [5.74, 6) is 0.832. The van der Waals surface area contributed by atoms with Gasteiger partial charge in [0.05, 0.1) is 18.6 Å². The van der Waals surface area contributed by atoms with Crippen LogP contribution in [0.5, 0.6) is 0 Å². The number of ether oxygens (including phenoxy) is 1. The van der Waals surface area contributed by atoms with Crippen LogP contribution < -0.4 is 0 Å². The van der Waals surface area contributed by atoms with Gasteiger partial charge in [-0.15, -0.1) is 0 Å². The molecule has 0 atom stereocenters. The lowest BCUT2D eigenvalue weighted by molar-refractivity contribution is -0.156. The summed E-state index contributed by atoms with van der Waals surface area (Å²) in [5.41, 5.74) is -0.149. The normalized spacial score (nSPS) is 21.5. The van der Waals surface area contributed by atoms with Gasteiger partial charge in [0.1, 0.15) is 5.78 Å². The van der Waals surface area contributed by atoms with Gasteiger partial charge in [-0.25, -0.2) is 0 Å². The van der Waals surface area contributed by atoms with Gasteiger partial charge in [-0.3, -0.25) is 4.79 Å². The van der Waals surface area contributed by atoms with Gasteiger partial charge in [0, 0.05) is 6.42 Å². The fraction of sp³-hybridized carbons (Fsp3) is 0.889. The largest absolute Gasteiger partial charge is 0.379 e. The second kappa shape index (κ2) is 2.94. The summed E-state index contributed by atoms with van der Waals surface area (Å²) in [4.78, 5) is 11.5. The predicted molar refractivity (Wildman–Crippen MR) is 43.4 cm³/mol. The van der Waals surface area contributed by atoms with Crippen molar-refractivity contribution in [3.05, 3.63) is 0 Å². The molecule has 0 radical (unpaired) electrons. The van der Waals surface area contributed by atoms with Crippen LogP contribution in [-0.4, -0.2) is 19.0 Å². The number of hydrogen-bond donors (Lipinski definition) is 0. The van der Waals surface area contributed by atoms with Crippen molar-refractivity contribution in [1.82, 2.24) is 0 Å². The van der Waals surface area contributed by atoms with Crippen LogP contribution in [0.25, 0.3) is 0 Å². The highest BCUT2D eigenvalue weighted by Crippen LogP contribution is 2.29. The molecule has 0 aromatic carbocycles. The fourth-order valence-electron chi connectivity index (χ4n) is 1.19. The average Bonchev–Trinajstić information content (AvgIpc) is 1.81. The van der Waals surface area contributed by atoms with E-state index >= 15 is 0 Å². The molecule has 0 unspecified atom stereocenters. The van der Waals surface area contributed by atoms with Gasteiger partial charge < -0.3 is 4.74 Å². The van der Waals surface area contributed by atoms with Crippen molar-refractivity contribution in [1.29, 1.82) is 0 Å². The zero-order valence-electron chi connectivity index (χ0n) is 7.52. The van der Waals surface area contributed by atoms with Crippen molar-refractivity contribution in [2.45, 2.75) is 27.2 Å². The highest BCUT2D eigenvalue weighted by molar-refractivity contribution is 5.85. The zero-order chi connectivity index (χ0) is 8.48. The molecule has 0 amide bonds. The molecule has 0 aromatic rings.